The zero-order valence-electron chi connectivity index (χ0n) is 14.2. The number of rotatable bonds is 7. The van der Waals surface area contributed by atoms with Crippen LogP contribution in [0.2, 0.25) is 0 Å². The number of carbonyl (C=O) groups excluding carboxylic acids is 1. The van der Waals surface area contributed by atoms with Crippen molar-refractivity contribution in [1.82, 2.24) is 10.2 Å². The van der Waals surface area contributed by atoms with E-state index in [2.05, 4.69) is 29.4 Å². The molecule has 0 fully saturated rings. The summed E-state index contributed by atoms with van der Waals surface area (Å²) in [6.07, 6.45) is 0.977. The number of benzene rings is 1. The predicted octanol–water partition coefficient (Wildman–Crippen LogP) is 2.74. The van der Waals surface area contributed by atoms with Crippen molar-refractivity contribution in [2.45, 2.75) is 33.2 Å². The second-order valence-electron chi connectivity index (χ2n) is 6.36. The second kappa shape index (κ2) is 8.03. The number of hydrogen-bond donors (Lipinski definition) is 2. The Bertz CT molecular complexity index is 459. The van der Waals surface area contributed by atoms with Gasteiger partial charge in [-0.15, -0.1) is 0 Å². The average Bonchev–Trinajstić information content (AvgIpc) is 2.36. The van der Waals surface area contributed by atoms with Crippen molar-refractivity contribution < 1.29 is 4.79 Å². The molecule has 4 nitrogen and oxygen atoms in total. The summed E-state index contributed by atoms with van der Waals surface area (Å²) in [6, 6.07) is 6.02. The minimum Gasteiger partial charge on any atom is -0.387 e. The second-order valence-corrected chi connectivity index (χ2v) is 6.36. The van der Waals surface area contributed by atoms with Gasteiger partial charge in [0.05, 0.1) is 5.56 Å². The molecule has 0 saturated heterocycles. The third-order valence-corrected chi connectivity index (χ3v) is 3.37. The normalized spacial score (nSPS) is 12.6. The van der Waals surface area contributed by atoms with Crippen LogP contribution in [0, 0.1) is 12.8 Å². The van der Waals surface area contributed by atoms with E-state index in [4.69, 9.17) is 0 Å². The molecule has 0 aromatic heterocycles. The first-order valence-corrected chi connectivity index (χ1v) is 7.57. The molecular weight excluding hydrogens is 262 g/mol. The molecule has 0 saturated carbocycles. The van der Waals surface area contributed by atoms with E-state index in [0.717, 1.165) is 24.2 Å². The number of carbonyl (C=O) groups is 1. The summed E-state index contributed by atoms with van der Waals surface area (Å²) in [5.41, 5.74) is 2.72. The summed E-state index contributed by atoms with van der Waals surface area (Å²) in [6.45, 7) is 7.24. The van der Waals surface area contributed by atoms with E-state index in [1.807, 2.05) is 46.3 Å². The average molecular weight is 291 g/mol. The summed E-state index contributed by atoms with van der Waals surface area (Å²) in [7, 11) is 5.91. The Morgan fingerprint density at radius 3 is 2.48 bits per heavy atom. The quantitative estimate of drug-likeness (QED) is 0.812. The molecule has 1 amide bonds. The number of aryl methyl sites for hydroxylation is 1. The van der Waals surface area contributed by atoms with Gasteiger partial charge in [-0.2, -0.15) is 0 Å². The van der Waals surface area contributed by atoms with Gasteiger partial charge in [-0.25, -0.2) is 0 Å². The standard InChI is InChI=1S/C17H29N3O/c1-12(2)9-14(11-20(5)6)19-17(21)15-8-7-13(3)10-16(15)18-4/h7-8,10,12,14,18H,9,11H2,1-6H3,(H,19,21). The molecule has 2 N–H and O–H groups in total. The molecule has 1 rings (SSSR count). The monoisotopic (exact) mass is 291 g/mol. The minimum absolute atomic E-state index is 0.00755. The molecule has 1 aromatic carbocycles. The third-order valence-electron chi connectivity index (χ3n) is 3.37. The van der Waals surface area contributed by atoms with Gasteiger partial charge in [0.15, 0.2) is 0 Å². The van der Waals surface area contributed by atoms with Gasteiger partial charge in [0, 0.05) is 25.3 Å². The molecule has 1 aromatic rings. The molecule has 0 heterocycles. The topological polar surface area (TPSA) is 44.4 Å². The van der Waals surface area contributed by atoms with Gasteiger partial charge in [-0.3, -0.25) is 4.79 Å². The van der Waals surface area contributed by atoms with Crippen molar-refractivity contribution in [2.75, 3.05) is 33.0 Å². The van der Waals surface area contributed by atoms with Gasteiger partial charge in [0.2, 0.25) is 0 Å². The number of likely N-dealkylation sites (N-methyl/N-ethyl adjacent to an activating group) is 1. The van der Waals surface area contributed by atoms with Crippen molar-refractivity contribution in [2.24, 2.45) is 5.92 Å². The number of amides is 1. The number of nitrogens with one attached hydrogen (secondary N) is 2. The molecule has 0 spiro atoms. The lowest BCUT2D eigenvalue weighted by Gasteiger charge is -2.24. The van der Waals surface area contributed by atoms with Crippen LogP contribution in [0.5, 0.6) is 0 Å². The lowest BCUT2D eigenvalue weighted by atomic mass is 10.0. The molecule has 0 aliphatic rings. The maximum atomic E-state index is 12.5. The van der Waals surface area contributed by atoms with Crippen LogP contribution in [0.15, 0.2) is 18.2 Å². The lowest BCUT2D eigenvalue weighted by molar-refractivity contribution is 0.0925. The summed E-state index contributed by atoms with van der Waals surface area (Å²) in [5.74, 6) is 0.545. The van der Waals surface area contributed by atoms with Crippen molar-refractivity contribution in [3.63, 3.8) is 0 Å². The van der Waals surface area contributed by atoms with E-state index in [1.54, 1.807) is 0 Å². The summed E-state index contributed by atoms with van der Waals surface area (Å²) < 4.78 is 0. The van der Waals surface area contributed by atoms with Crippen LogP contribution in [0.1, 0.15) is 36.2 Å². The lowest BCUT2D eigenvalue weighted by Crippen LogP contribution is -2.42. The molecule has 0 aliphatic carbocycles. The van der Waals surface area contributed by atoms with E-state index < -0.39 is 0 Å². The van der Waals surface area contributed by atoms with Gasteiger partial charge in [-0.05, 0) is 51.1 Å². The predicted molar refractivity (Wildman–Crippen MR) is 90.0 cm³/mol. The molecule has 0 radical (unpaired) electrons. The van der Waals surface area contributed by atoms with E-state index in [9.17, 15) is 4.79 Å². The summed E-state index contributed by atoms with van der Waals surface area (Å²) in [4.78, 5) is 14.7. The fourth-order valence-corrected chi connectivity index (χ4v) is 2.51. The highest BCUT2D eigenvalue weighted by Crippen LogP contribution is 2.17. The molecule has 118 valence electrons. The molecular formula is C17H29N3O. The minimum atomic E-state index is -0.00755. The molecule has 4 heteroatoms. The SMILES string of the molecule is CNc1cc(C)ccc1C(=O)NC(CC(C)C)CN(C)C. The Morgan fingerprint density at radius 1 is 1.29 bits per heavy atom. The van der Waals surface area contributed by atoms with Crippen LogP contribution in [0.4, 0.5) is 5.69 Å². The number of nitrogens with zero attached hydrogens (tertiary/aromatic N) is 1. The van der Waals surface area contributed by atoms with Gasteiger partial charge in [0.25, 0.3) is 5.91 Å². The maximum absolute atomic E-state index is 12.5. The first-order valence-electron chi connectivity index (χ1n) is 7.57. The Kier molecular flexibility index (Phi) is 6.69. The van der Waals surface area contributed by atoms with Gasteiger partial charge in [-0.1, -0.05) is 19.9 Å². The first-order chi connectivity index (χ1) is 9.83. The highest BCUT2D eigenvalue weighted by atomic mass is 16.1. The smallest absolute Gasteiger partial charge is 0.253 e. The van der Waals surface area contributed by atoms with Crippen molar-refractivity contribution in [3.8, 4) is 0 Å². The largest absolute Gasteiger partial charge is 0.387 e. The van der Waals surface area contributed by atoms with Crippen LogP contribution in [-0.2, 0) is 0 Å². The van der Waals surface area contributed by atoms with Crippen LogP contribution in [0.3, 0.4) is 0 Å². The van der Waals surface area contributed by atoms with Gasteiger partial charge in [0.1, 0.15) is 0 Å². The summed E-state index contributed by atoms with van der Waals surface area (Å²) in [5, 5.41) is 6.27. The Morgan fingerprint density at radius 2 is 1.95 bits per heavy atom. The Hall–Kier alpha value is -1.55. The fourth-order valence-electron chi connectivity index (χ4n) is 2.51. The molecule has 0 aliphatic heterocycles. The zero-order chi connectivity index (χ0) is 16.0. The van der Waals surface area contributed by atoms with E-state index in [-0.39, 0.29) is 11.9 Å². The fraction of sp³-hybridized carbons (Fsp3) is 0.588. The number of hydrogen-bond acceptors (Lipinski definition) is 3. The van der Waals surface area contributed by atoms with Crippen LogP contribution >= 0.6 is 0 Å². The van der Waals surface area contributed by atoms with E-state index in [1.165, 1.54) is 0 Å². The molecule has 0 bridgehead atoms. The summed E-state index contributed by atoms with van der Waals surface area (Å²) >= 11 is 0. The van der Waals surface area contributed by atoms with Crippen molar-refractivity contribution in [3.05, 3.63) is 29.3 Å². The molecule has 1 atom stereocenters. The third kappa shape index (κ3) is 5.76. The van der Waals surface area contributed by atoms with Crippen LogP contribution in [0.25, 0.3) is 0 Å². The highest BCUT2D eigenvalue weighted by molar-refractivity contribution is 5.99. The molecule has 1 unspecified atom stereocenters. The Labute approximate surface area is 128 Å². The van der Waals surface area contributed by atoms with Crippen LogP contribution < -0.4 is 10.6 Å². The zero-order valence-corrected chi connectivity index (χ0v) is 14.2. The Balaban J connectivity index is 2.85. The first kappa shape index (κ1) is 17.5. The van der Waals surface area contributed by atoms with Crippen molar-refractivity contribution >= 4 is 11.6 Å². The maximum Gasteiger partial charge on any atom is 0.253 e. The number of anilines is 1. The van der Waals surface area contributed by atoms with E-state index >= 15 is 0 Å². The molecule has 21 heavy (non-hydrogen) atoms. The van der Waals surface area contributed by atoms with E-state index in [0.29, 0.717) is 11.5 Å². The van der Waals surface area contributed by atoms with Gasteiger partial charge >= 0.3 is 0 Å². The van der Waals surface area contributed by atoms with Crippen LogP contribution in [-0.4, -0.2) is 44.5 Å². The van der Waals surface area contributed by atoms with Gasteiger partial charge < -0.3 is 15.5 Å². The van der Waals surface area contributed by atoms with Crippen molar-refractivity contribution in [1.29, 1.82) is 0 Å². The highest BCUT2D eigenvalue weighted by Gasteiger charge is 2.18.